The molecule has 0 unspecified atom stereocenters. The molecule has 0 aliphatic heterocycles. The second-order valence-corrected chi connectivity index (χ2v) is 15.7. The number of carbonyl (C=O) groups excluding carboxylic acids is 1. The predicted octanol–water partition coefficient (Wildman–Crippen LogP) is 9.76. The molecule has 5 rings (SSSR count). The second-order valence-electron chi connectivity index (χ2n) is 12.5. The highest BCUT2D eigenvalue weighted by atomic mass is 35.5. The highest BCUT2D eigenvalue weighted by molar-refractivity contribution is 7.89. The zero-order valence-corrected chi connectivity index (χ0v) is 31.1. The number of carbonyl (C=O) groups is 1. The van der Waals surface area contributed by atoms with E-state index in [9.17, 15) is 32.8 Å². The number of aromatic hydroxyl groups is 1. The van der Waals surface area contributed by atoms with E-state index in [4.69, 9.17) is 34.8 Å². The summed E-state index contributed by atoms with van der Waals surface area (Å²) in [5.74, 6) is -1.29. The third kappa shape index (κ3) is 9.28. The van der Waals surface area contributed by atoms with Gasteiger partial charge in [-0.3, -0.25) is 14.9 Å². The predicted molar refractivity (Wildman–Crippen MR) is 201 cm³/mol. The van der Waals surface area contributed by atoms with Crippen LogP contribution in [0.4, 0.5) is 10.1 Å². The topological polar surface area (TPSA) is 121 Å². The van der Waals surface area contributed by atoms with Gasteiger partial charge in [0.2, 0.25) is 10.0 Å². The van der Waals surface area contributed by atoms with Gasteiger partial charge in [0.15, 0.2) is 5.75 Å². The molecule has 0 bridgehead atoms. The zero-order valence-electron chi connectivity index (χ0n) is 28.0. The molecule has 0 saturated carbocycles. The van der Waals surface area contributed by atoms with Gasteiger partial charge in [0.25, 0.3) is 11.6 Å². The van der Waals surface area contributed by atoms with Crippen molar-refractivity contribution in [2.24, 2.45) is 5.92 Å². The lowest BCUT2D eigenvalue weighted by Crippen LogP contribution is -2.34. The number of nitro groups is 1. The number of hydrogen-bond donors (Lipinski definition) is 1. The molecule has 0 heterocycles. The van der Waals surface area contributed by atoms with Crippen molar-refractivity contribution >= 4 is 56.4 Å². The number of rotatable bonds is 13. The van der Waals surface area contributed by atoms with Crippen LogP contribution in [-0.2, 0) is 29.7 Å². The Balaban J connectivity index is 1.46. The number of phenols is 1. The molecule has 270 valence electrons. The van der Waals surface area contributed by atoms with Crippen LogP contribution in [-0.4, -0.2) is 40.1 Å². The summed E-state index contributed by atoms with van der Waals surface area (Å²) in [4.78, 5) is 25.4. The molecule has 5 aromatic rings. The van der Waals surface area contributed by atoms with E-state index in [-0.39, 0.29) is 63.6 Å². The van der Waals surface area contributed by atoms with Crippen molar-refractivity contribution in [3.05, 3.63) is 156 Å². The maximum absolute atomic E-state index is 14.2. The lowest BCUT2D eigenvalue weighted by molar-refractivity contribution is -0.384. The van der Waals surface area contributed by atoms with Crippen LogP contribution < -0.4 is 0 Å². The third-order valence-electron chi connectivity index (χ3n) is 8.09. The minimum Gasteiger partial charge on any atom is -0.505 e. The van der Waals surface area contributed by atoms with E-state index in [1.807, 2.05) is 19.9 Å². The van der Waals surface area contributed by atoms with Gasteiger partial charge in [0.1, 0.15) is 15.7 Å². The van der Waals surface area contributed by atoms with Gasteiger partial charge in [-0.15, -0.1) is 0 Å². The minimum atomic E-state index is -4.41. The highest BCUT2D eigenvalue weighted by Gasteiger charge is 2.30. The van der Waals surface area contributed by atoms with E-state index >= 15 is 0 Å². The molecule has 14 heteroatoms. The smallest absolute Gasteiger partial charge is 0.287 e. The van der Waals surface area contributed by atoms with Crippen LogP contribution in [0.15, 0.2) is 108 Å². The molecule has 5 aromatic carbocycles. The van der Waals surface area contributed by atoms with Gasteiger partial charge in [0, 0.05) is 42.8 Å². The van der Waals surface area contributed by atoms with Crippen molar-refractivity contribution in [2.75, 3.05) is 6.54 Å². The Kier molecular flexibility index (Phi) is 12.2. The summed E-state index contributed by atoms with van der Waals surface area (Å²) in [5, 5.41) is 21.6. The molecule has 0 aliphatic rings. The molecule has 0 saturated heterocycles. The Morgan fingerprint density at radius 1 is 0.808 bits per heavy atom. The molecule has 0 aliphatic carbocycles. The fourth-order valence-corrected chi connectivity index (χ4v) is 8.04. The molecule has 52 heavy (non-hydrogen) atoms. The van der Waals surface area contributed by atoms with Gasteiger partial charge in [0.05, 0.1) is 9.95 Å². The fourth-order valence-electron chi connectivity index (χ4n) is 5.63. The lowest BCUT2D eigenvalue weighted by atomic mass is 10.0. The Labute approximate surface area is 316 Å². The van der Waals surface area contributed by atoms with Gasteiger partial charge in [-0.1, -0.05) is 109 Å². The summed E-state index contributed by atoms with van der Waals surface area (Å²) < 4.78 is 43.1. The highest BCUT2D eigenvalue weighted by Crippen LogP contribution is 2.37. The van der Waals surface area contributed by atoms with Crippen LogP contribution >= 0.6 is 34.8 Å². The van der Waals surface area contributed by atoms with Gasteiger partial charge < -0.3 is 10.0 Å². The zero-order chi connectivity index (χ0) is 37.7. The van der Waals surface area contributed by atoms with Crippen LogP contribution in [0, 0.1) is 21.8 Å². The summed E-state index contributed by atoms with van der Waals surface area (Å²) in [6.45, 7) is 4.19. The Morgan fingerprint density at radius 2 is 1.40 bits per heavy atom. The monoisotopic (exact) mass is 783 g/mol. The molecule has 1 amide bonds. The fraction of sp³-hybridized carbons (Fsp3) is 0.184. The SMILES string of the molecule is CC(C)CN(Cc1cccc(CN(Cc2ccc(-c3ccc(F)cc3)cc2)S(=O)(=O)c2cc(Cl)cc(Cl)c2O)c1)C(=O)c1ccc([N+](=O)[O-])c(Cl)c1. The maximum Gasteiger partial charge on any atom is 0.287 e. The molecule has 0 atom stereocenters. The van der Waals surface area contributed by atoms with Crippen molar-refractivity contribution in [3.8, 4) is 16.9 Å². The number of amides is 1. The molecule has 0 aromatic heterocycles. The summed E-state index contributed by atoms with van der Waals surface area (Å²) in [6, 6.07) is 26.5. The first-order chi connectivity index (χ1) is 24.6. The standard InChI is InChI=1S/C38H33Cl3FN3O6S/c1-24(2)20-43(38(47)30-12-15-35(45(48)49)33(40)17-30)21-26-4-3-5-27(16-26)23-44(52(50,51)36-19-31(39)18-34(41)37(36)46)22-25-6-8-28(9-7-25)29-10-13-32(42)14-11-29/h3-19,24,46H,20-23H2,1-2H3. The summed E-state index contributed by atoms with van der Waals surface area (Å²) in [7, 11) is -4.41. The molecule has 0 spiro atoms. The van der Waals surface area contributed by atoms with E-state index in [1.165, 1.54) is 40.7 Å². The van der Waals surface area contributed by atoms with Crippen molar-refractivity contribution < 1.29 is 27.6 Å². The van der Waals surface area contributed by atoms with Crippen molar-refractivity contribution in [2.45, 2.75) is 38.4 Å². The van der Waals surface area contributed by atoms with Crippen molar-refractivity contribution in [3.63, 3.8) is 0 Å². The normalized spacial score (nSPS) is 11.6. The third-order valence-corrected chi connectivity index (χ3v) is 10.7. The van der Waals surface area contributed by atoms with Crippen molar-refractivity contribution in [1.82, 2.24) is 9.21 Å². The molecular formula is C38H33Cl3FN3O6S. The maximum atomic E-state index is 14.2. The molecule has 0 fully saturated rings. The number of phenolic OH excluding ortho intramolecular Hbond substituents is 1. The minimum absolute atomic E-state index is 0.0243. The van der Waals surface area contributed by atoms with Gasteiger partial charge in [-0.25, -0.2) is 12.8 Å². The summed E-state index contributed by atoms with van der Waals surface area (Å²) in [6.07, 6.45) is 0. The van der Waals surface area contributed by atoms with E-state index in [0.29, 0.717) is 23.2 Å². The Bertz CT molecular complexity index is 2220. The Morgan fingerprint density at radius 3 is 2.00 bits per heavy atom. The first-order valence-electron chi connectivity index (χ1n) is 16.0. The summed E-state index contributed by atoms with van der Waals surface area (Å²) in [5.41, 5.74) is 3.40. The number of halogens is 4. The van der Waals surface area contributed by atoms with Crippen molar-refractivity contribution in [1.29, 1.82) is 0 Å². The number of hydrogen-bond acceptors (Lipinski definition) is 6. The second kappa shape index (κ2) is 16.4. The number of nitro benzene ring substituents is 1. The molecule has 0 radical (unpaired) electrons. The lowest BCUT2D eigenvalue weighted by Gasteiger charge is -2.26. The van der Waals surface area contributed by atoms with Gasteiger partial charge >= 0.3 is 0 Å². The van der Waals surface area contributed by atoms with Crippen LogP contribution in [0.5, 0.6) is 5.75 Å². The molecule has 9 nitrogen and oxygen atoms in total. The number of nitrogens with zero attached hydrogens (tertiary/aromatic N) is 3. The average molecular weight is 785 g/mol. The van der Waals surface area contributed by atoms with Gasteiger partial charge in [-0.05, 0) is 70.1 Å². The van der Waals surface area contributed by atoms with E-state index in [1.54, 1.807) is 59.5 Å². The van der Waals surface area contributed by atoms with Crippen LogP contribution in [0.25, 0.3) is 11.1 Å². The Hall–Kier alpha value is -4.52. The average Bonchev–Trinajstić information content (AvgIpc) is 3.09. The first-order valence-corrected chi connectivity index (χ1v) is 18.5. The largest absolute Gasteiger partial charge is 0.505 e. The first kappa shape index (κ1) is 38.7. The van der Waals surface area contributed by atoms with Crippen LogP contribution in [0.3, 0.4) is 0 Å². The molecule has 1 N–H and O–H groups in total. The number of sulfonamides is 1. The molecular weight excluding hydrogens is 752 g/mol. The number of benzene rings is 5. The van der Waals surface area contributed by atoms with E-state index in [2.05, 4.69) is 0 Å². The van der Waals surface area contributed by atoms with Crippen LogP contribution in [0.2, 0.25) is 15.1 Å². The van der Waals surface area contributed by atoms with E-state index < -0.39 is 25.6 Å². The quantitative estimate of drug-likeness (QED) is 0.0938. The van der Waals surface area contributed by atoms with Gasteiger partial charge in [-0.2, -0.15) is 4.31 Å². The van der Waals surface area contributed by atoms with E-state index in [0.717, 1.165) is 17.2 Å². The van der Waals surface area contributed by atoms with Crippen LogP contribution in [0.1, 0.15) is 40.9 Å². The summed E-state index contributed by atoms with van der Waals surface area (Å²) >= 11 is 18.4.